The first-order chi connectivity index (χ1) is 16.8. The molecule has 2 heterocycles. The molecule has 0 aliphatic heterocycles. The molecule has 0 spiro atoms. The van der Waals surface area contributed by atoms with Crippen LogP contribution in [0.5, 0.6) is 11.9 Å². The zero-order valence-electron chi connectivity index (χ0n) is 20.0. The van der Waals surface area contributed by atoms with Crippen molar-refractivity contribution in [3.8, 4) is 34.7 Å². The van der Waals surface area contributed by atoms with Gasteiger partial charge in [-0.15, -0.1) is 0 Å². The average Bonchev–Trinajstić information content (AvgIpc) is 2.82. The van der Waals surface area contributed by atoms with Gasteiger partial charge in [-0.05, 0) is 51.0 Å². The lowest BCUT2D eigenvalue weighted by Gasteiger charge is -2.26. The topological polar surface area (TPSA) is 110 Å². The van der Waals surface area contributed by atoms with Crippen LogP contribution in [0.3, 0.4) is 0 Å². The lowest BCUT2D eigenvalue weighted by atomic mass is 9.91. The molecule has 1 atom stereocenters. The summed E-state index contributed by atoms with van der Waals surface area (Å²) in [5.74, 6) is -0.578. The summed E-state index contributed by atoms with van der Waals surface area (Å²) in [6.07, 6.45) is -2.40. The molecule has 0 saturated heterocycles. The van der Waals surface area contributed by atoms with Gasteiger partial charge < -0.3 is 15.2 Å². The number of ether oxygens (including phenoxy) is 1. The van der Waals surface area contributed by atoms with Crippen molar-refractivity contribution in [2.75, 3.05) is 0 Å². The Balaban J connectivity index is 1.86. The predicted molar refractivity (Wildman–Crippen MR) is 127 cm³/mol. The molecule has 0 bridgehead atoms. The second-order valence-corrected chi connectivity index (χ2v) is 9.03. The van der Waals surface area contributed by atoms with E-state index in [0.29, 0.717) is 22.6 Å². The van der Waals surface area contributed by atoms with Gasteiger partial charge in [0, 0.05) is 29.9 Å². The van der Waals surface area contributed by atoms with Crippen molar-refractivity contribution in [3.05, 3.63) is 47.1 Å². The zero-order valence-corrected chi connectivity index (χ0v) is 20.8. The number of halogens is 4. The van der Waals surface area contributed by atoms with Crippen molar-refractivity contribution < 1.29 is 27.8 Å². The van der Waals surface area contributed by atoms with Gasteiger partial charge in [-0.3, -0.25) is 4.79 Å². The standard InChI is InChI=1S/C24H25ClF3N5O3/c1-5-13(2)36-18-9-7-15(12-29-18)19-31-20(33-22(35)32-19)16-10-14(6-8-17(16)25)11-30-21(34)23(3,4)24(26,27)28/h6-10,12-13H,5,11H2,1-4H3,(H,30,34)(H,31,32,33,35)/t13-/m1/s1. The Morgan fingerprint density at radius 2 is 1.83 bits per heavy atom. The van der Waals surface area contributed by atoms with E-state index in [9.17, 15) is 23.1 Å². The van der Waals surface area contributed by atoms with E-state index < -0.39 is 23.5 Å². The first-order valence-electron chi connectivity index (χ1n) is 11.0. The molecule has 192 valence electrons. The highest BCUT2D eigenvalue weighted by molar-refractivity contribution is 6.33. The van der Waals surface area contributed by atoms with Crippen molar-refractivity contribution in [2.45, 2.75) is 52.9 Å². The fourth-order valence-electron chi connectivity index (χ4n) is 2.87. The van der Waals surface area contributed by atoms with Crippen molar-refractivity contribution in [1.29, 1.82) is 0 Å². The molecule has 2 aromatic heterocycles. The number of pyridine rings is 1. The quantitative estimate of drug-likeness (QED) is 0.410. The number of aromatic nitrogens is 4. The number of rotatable bonds is 8. The van der Waals surface area contributed by atoms with Crippen LogP contribution in [0.15, 0.2) is 36.5 Å². The van der Waals surface area contributed by atoms with Crippen LogP contribution in [-0.2, 0) is 11.3 Å². The number of alkyl halides is 3. The van der Waals surface area contributed by atoms with Crippen LogP contribution in [0, 0.1) is 5.41 Å². The highest BCUT2D eigenvalue weighted by atomic mass is 35.5. The summed E-state index contributed by atoms with van der Waals surface area (Å²) < 4.78 is 45.0. The molecule has 2 N–H and O–H groups in total. The van der Waals surface area contributed by atoms with Crippen molar-refractivity contribution >= 4 is 17.5 Å². The van der Waals surface area contributed by atoms with Gasteiger partial charge in [0.1, 0.15) is 5.41 Å². The Kier molecular flexibility index (Phi) is 8.02. The summed E-state index contributed by atoms with van der Waals surface area (Å²) in [5, 5.41) is 12.6. The number of carbonyl (C=O) groups excluding carboxylic acids is 1. The molecule has 0 radical (unpaired) electrons. The van der Waals surface area contributed by atoms with Gasteiger partial charge >= 0.3 is 12.2 Å². The van der Waals surface area contributed by atoms with Gasteiger partial charge in [0.15, 0.2) is 11.6 Å². The van der Waals surface area contributed by atoms with Crippen LogP contribution >= 0.6 is 11.6 Å². The van der Waals surface area contributed by atoms with E-state index in [-0.39, 0.29) is 29.3 Å². The van der Waals surface area contributed by atoms with Crippen molar-refractivity contribution in [1.82, 2.24) is 25.3 Å². The minimum absolute atomic E-state index is 0.00471. The first kappa shape index (κ1) is 27.1. The molecule has 1 amide bonds. The van der Waals surface area contributed by atoms with E-state index in [1.54, 1.807) is 18.2 Å². The van der Waals surface area contributed by atoms with Crippen molar-refractivity contribution in [3.63, 3.8) is 0 Å². The molecule has 36 heavy (non-hydrogen) atoms. The third kappa shape index (κ3) is 6.20. The molecule has 3 rings (SSSR count). The fraction of sp³-hybridized carbons (Fsp3) is 0.375. The Labute approximate surface area is 210 Å². The number of carbonyl (C=O) groups is 1. The summed E-state index contributed by atoms with van der Waals surface area (Å²) in [4.78, 5) is 28.6. The third-order valence-corrected chi connectivity index (χ3v) is 5.85. The summed E-state index contributed by atoms with van der Waals surface area (Å²) in [6.45, 7) is 5.34. The molecule has 0 unspecified atom stereocenters. The SMILES string of the molecule is CC[C@@H](C)Oc1ccc(-c2nc(O)nc(-c3cc(CNC(=O)C(C)(C)C(F)(F)F)ccc3Cl)n2)cn1. The van der Waals surface area contributed by atoms with Crippen LogP contribution in [0.4, 0.5) is 13.2 Å². The smallest absolute Gasteiger partial charge is 0.402 e. The van der Waals surface area contributed by atoms with E-state index in [1.807, 2.05) is 13.8 Å². The van der Waals surface area contributed by atoms with E-state index in [0.717, 1.165) is 20.3 Å². The molecule has 8 nitrogen and oxygen atoms in total. The van der Waals surface area contributed by atoms with Crippen LogP contribution in [0.2, 0.25) is 5.02 Å². The lowest BCUT2D eigenvalue weighted by Crippen LogP contribution is -2.46. The Bertz CT molecular complexity index is 1240. The molecule has 3 aromatic rings. The molecular formula is C24H25ClF3N5O3. The molecule has 0 aliphatic rings. The fourth-order valence-corrected chi connectivity index (χ4v) is 3.07. The number of benzene rings is 1. The van der Waals surface area contributed by atoms with Gasteiger partial charge in [0.05, 0.1) is 11.1 Å². The normalized spacial score (nSPS) is 12.8. The summed E-state index contributed by atoms with van der Waals surface area (Å²) in [7, 11) is 0. The van der Waals surface area contributed by atoms with E-state index in [2.05, 4.69) is 25.3 Å². The molecular weight excluding hydrogens is 499 g/mol. The summed E-state index contributed by atoms with van der Waals surface area (Å²) in [6, 6.07) is 7.34. The Hall–Kier alpha value is -3.47. The van der Waals surface area contributed by atoms with Gasteiger partial charge in [-0.2, -0.15) is 23.1 Å². The van der Waals surface area contributed by atoms with Crippen LogP contribution in [-0.4, -0.2) is 43.2 Å². The Morgan fingerprint density at radius 3 is 2.44 bits per heavy atom. The highest BCUT2D eigenvalue weighted by Gasteiger charge is 2.52. The maximum absolute atomic E-state index is 13.1. The average molecular weight is 524 g/mol. The van der Waals surface area contributed by atoms with Crippen molar-refractivity contribution in [2.24, 2.45) is 5.41 Å². The number of nitrogens with one attached hydrogen (secondary N) is 1. The minimum atomic E-state index is -4.70. The molecule has 0 saturated carbocycles. The van der Waals surface area contributed by atoms with E-state index in [4.69, 9.17) is 16.3 Å². The zero-order chi connectivity index (χ0) is 26.7. The second-order valence-electron chi connectivity index (χ2n) is 8.62. The third-order valence-electron chi connectivity index (χ3n) is 5.52. The van der Waals surface area contributed by atoms with E-state index >= 15 is 0 Å². The van der Waals surface area contributed by atoms with Crippen LogP contribution < -0.4 is 10.1 Å². The maximum Gasteiger partial charge on any atom is 0.402 e. The summed E-state index contributed by atoms with van der Waals surface area (Å²) in [5.41, 5.74) is -1.32. The molecule has 0 aliphatic carbocycles. The predicted octanol–water partition coefficient (Wildman–Crippen LogP) is 5.34. The minimum Gasteiger partial charge on any atom is -0.479 e. The monoisotopic (exact) mass is 523 g/mol. The molecule has 12 heteroatoms. The summed E-state index contributed by atoms with van der Waals surface area (Å²) >= 11 is 6.31. The number of aromatic hydroxyl groups is 1. The lowest BCUT2D eigenvalue weighted by molar-refractivity contribution is -0.211. The maximum atomic E-state index is 13.1. The number of hydrogen-bond acceptors (Lipinski definition) is 7. The first-order valence-corrected chi connectivity index (χ1v) is 11.4. The largest absolute Gasteiger partial charge is 0.479 e. The molecule has 0 fully saturated rings. The van der Waals surface area contributed by atoms with Crippen LogP contribution in [0.1, 0.15) is 39.7 Å². The van der Waals surface area contributed by atoms with Gasteiger partial charge in [-0.25, -0.2) is 9.97 Å². The second kappa shape index (κ2) is 10.7. The van der Waals surface area contributed by atoms with Crippen LogP contribution in [0.25, 0.3) is 22.8 Å². The number of amides is 1. The number of hydrogen-bond donors (Lipinski definition) is 2. The van der Waals surface area contributed by atoms with E-state index in [1.165, 1.54) is 18.3 Å². The van der Waals surface area contributed by atoms with Gasteiger partial charge in [0.25, 0.3) is 0 Å². The van der Waals surface area contributed by atoms with Gasteiger partial charge in [0.2, 0.25) is 11.8 Å². The van der Waals surface area contributed by atoms with Gasteiger partial charge in [-0.1, -0.05) is 24.6 Å². The highest BCUT2D eigenvalue weighted by Crippen LogP contribution is 2.37. The molecule has 1 aromatic carbocycles. The Morgan fingerprint density at radius 1 is 1.14 bits per heavy atom. The number of nitrogens with zero attached hydrogens (tertiary/aromatic N) is 4.